The maximum absolute atomic E-state index is 11.6. The molecule has 0 bridgehead atoms. The molecule has 0 amide bonds. The molecule has 0 saturated carbocycles. The van der Waals surface area contributed by atoms with Crippen molar-refractivity contribution in [2.45, 2.75) is 32.9 Å². The lowest BCUT2D eigenvalue weighted by molar-refractivity contribution is -0.143. The number of ether oxygens (including phenoxy) is 1. The first-order valence-electron chi connectivity index (χ1n) is 5.69. The van der Waals surface area contributed by atoms with Crippen LogP contribution in [0.15, 0.2) is 18.6 Å². The number of hydrogen-bond acceptors (Lipinski definition) is 5. The first kappa shape index (κ1) is 13.6. The molecule has 94 valence electrons. The van der Waals surface area contributed by atoms with E-state index < -0.39 is 0 Å². The summed E-state index contributed by atoms with van der Waals surface area (Å²) in [6.07, 6.45) is 3.92. The monoisotopic (exact) mass is 237 g/mol. The van der Waals surface area contributed by atoms with Crippen LogP contribution in [-0.4, -0.2) is 29.1 Å². The van der Waals surface area contributed by atoms with Gasteiger partial charge in [-0.2, -0.15) is 0 Å². The van der Waals surface area contributed by atoms with Gasteiger partial charge >= 0.3 is 5.97 Å². The standard InChI is InChI=1S/C12H19N3O2/c1-9(2)6-11(12(16)17-3)14-7-10-4-5-13-8-15-10/h4-5,8-9,11,14H,6-7H2,1-3H3. The lowest BCUT2D eigenvalue weighted by Crippen LogP contribution is -2.38. The molecule has 0 aromatic carbocycles. The molecule has 17 heavy (non-hydrogen) atoms. The zero-order valence-electron chi connectivity index (χ0n) is 10.5. The quantitative estimate of drug-likeness (QED) is 0.752. The number of hydrogen-bond donors (Lipinski definition) is 1. The van der Waals surface area contributed by atoms with Crippen LogP contribution in [0.5, 0.6) is 0 Å². The SMILES string of the molecule is COC(=O)C(CC(C)C)NCc1ccncn1. The lowest BCUT2D eigenvalue weighted by atomic mass is 10.0. The maximum Gasteiger partial charge on any atom is 0.322 e. The van der Waals surface area contributed by atoms with Gasteiger partial charge in [0, 0.05) is 12.7 Å². The summed E-state index contributed by atoms with van der Waals surface area (Å²) in [4.78, 5) is 19.5. The highest BCUT2D eigenvalue weighted by Gasteiger charge is 2.19. The molecule has 1 N–H and O–H groups in total. The fraction of sp³-hybridized carbons (Fsp3) is 0.583. The van der Waals surface area contributed by atoms with Gasteiger partial charge in [-0.15, -0.1) is 0 Å². The first-order chi connectivity index (χ1) is 8.13. The molecule has 1 aromatic rings. The van der Waals surface area contributed by atoms with E-state index in [1.165, 1.54) is 13.4 Å². The van der Waals surface area contributed by atoms with Gasteiger partial charge in [0.25, 0.3) is 0 Å². The van der Waals surface area contributed by atoms with E-state index in [-0.39, 0.29) is 12.0 Å². The van der Waals surface area contributed by atoms with Gasteiger partial charge in [0.05, 0.1) is 12.8 Å². The van der Waals surface area contributed by atoms with Gasteiger partial charge in [0.1, 0.15) is 12.4 Å². The molecule has 0 aliphatic rings. The maximum atomic E-state index is 11.6. The smallest absolute Gasteiger partial charge is 0.322 e. The number of nitrogens with one attached hydrogen (secondary N) is 1. The number of carbonyl (C=O) groups excluding carboxylic acids is 1. The zero-order valence-corrected chi connectivity index (χ0v) is 10.5. The first-order valence-corrected chi connectivity index (χ1v) is 5.69. The second kappa shape index (κ2) is 6.96. The van der Waals surface area contributed by atoms with E-state index in [1.54, 1.807) is 6.20 Å². The topological polar surface area (TPSA) is 64.1 Å². The molecule has 5 nitrogen and oxygen atoms in total. The van der Waals surface area contributed by atoms with Crippen molar-refractivity contribution >= 4 is 5.97 Å². The van der Waals surface area contributed by atoms with E-state index in [0.717, 1.165) is 12.1 Å². The van der Waals surface area contributed by atoms with Crippen molar-refractivity contribution in [3.63, 3.8) is 0 Å². The van der Waals surface area contributed by atoms with Gasteiger partial charge in [-0.05, 0) is 18.4 Å². The van der Waals surface area contributed by atoms with Crippen LogP contribution >= 0.6 is 0 Å². The van der Waals surface area contributed by atoms with Crippen LogP contribution in [-0.2, 0) is 16.1 Å². The number of methoxy groups -OCH3 is 1. The summed E-state index contributed by atoms with van der Waals surface area (Å²) in [5.41, 5.74) is 0.859. The number of carbonyl (C=O) groups is 1. The Balaban J connectivity index is 2.52. The van der Waals surface area contributed by atoms with E-state index in [0.29, 0.717) is 12.5 Å². The molecule has 0 aliphatic heterocycles. The molecule has 0 spiro atoms. The van der Waals surface area contributed by atoms with Crippen molar-refractivity contribution in [1.82, 2.24) is 15.3 Å². The van der Waals surface area contributed by atoms with Crippen LogP contribution in [0, 0.1) is 5.92 Å². The van der Waals surface area contributed by atoms with Crippen molar-refractivity contribution < 1.29 is 9.53 Å². The summed E-state index contributed by atoms with van der Waals surface area (Å²) in [6.45, 7) is 4.68. The molecule has 1 aromatic heterocycles. The summed E-state index contributed by atoms with van der Waals surface area (Å²) in [5, 5.41) is 3.15. The van der Waals surface area contributed by atoms with E-state index in [9.17, 15) is 4.79 Å². The lowest BCUT2D eigenvalue weighted by Gasteiger charge is -2.17. The van der Waals surface area contributed by atoms with Crippen molar-refractivity contribution in [2.24, 2.45) is 5.92 Å². The molecule has 0 aliphatic carbocycles. The van der Waals surface area contributed by atoms with Gasteiger partial charge in [-0.3, -0.25) is 10.1 Å². The Morgan fingerprint density at radius 2 is 2.29 bits per heavy atom. The fourth-order valence-corrected chi connectivity index (χ4v) is 1.53. The van der Waals surface area contributed by atoms with Crippen molar-refractivity contribution in [3.05, 3.63) is 24.3 Å². The summed E-state index contributed by atoms with van der Waals surface area (Å²) in [6, 6.07) is 1.53. The number of aromatic nitrogens is 2. The number of esters is 1. The molecule has 0 fully saturated rings. The predicted molar refractivity (Wildman–Crippen MR) is 64.1 cm³/mol. The highest BCUT2D eigenvalue weighted by Crippen LogP contribution is 2.07. The summed E-state index contributed by atoms with van der Waals surface area (Å²) < 4.78 is 4.77. The normalized spacial score (nSPS) is 12.5. The third kappa shape index (κ3) is 4.91. The summed E-state index contributed by atoms with van der Waals surface area (Å²) in [5.74, 6) is 0.199. The van der Waals surface area contributed by atoms with E-state index in [4.69, 9.17) is 4.74 Å². The Morgan fingerprint density at radius 1 is 1.53 bits per heavy atom. The average Bonchev–Trinajstić information content (AvgIpc) is 2.34. The van der Waals surface area contributed by atoms with Gasteiger partial charge in [-0.1, -0.05) is 13.8 Å². The van der Waals surface area contributed by atoms with Crippen molar-refractivity contribution in [3.8, 4) is 0 Å². The van der Waals surface area contributed by atoms with Crippen molar-refractivity contribution in [1.29, 1.82) is 0 Å². The Labute approximate surface area is 102 Å². The molecule has 0 saturated heterocycles. The Morgan fingerprint density at radius 3 is 2.82 bits per heavy atom. The van der Waals surface area contributed by atoms with E-state index in [1.807, 2.05) is 6.07 Å². The molecule has 1 unspecified atom stereocenters. The third-order valence-corrected chi connectivity index (χ3v) is 2.37. The Hall–Kier alpha value is -1.49. The number of rotatable bonds is 6. The minimum absolute atomic E-state index is 0.229. The summed E-state index contributed by atoms with van der Waals surface area (Å²) >= 11 is 0. The second-order valence-electron chi connectivity index (χ2n) is 4.29. The third-order valence-electron chi connectivity index (χ3n) is 2.37. The van der Waals surface area contributed by atoms with E-state index >= 15 is 0 Å². The molecule has 1 heterocycles. The van der Waals surface area contributed by atoms with Gasteiger partial charge in [0.2, 0.25) is 0 Å². The highest BCUT2D eigenvalue weighted by molar-refractivity contribution is 5.75. The van der Waals surface area contributed by atoms with Crippen LogP contribution < -0.4 is 5.32 Å². The second-order valence-corrected chi connectivity index (χ2v) is 4.29. The summed E-state index contributed by atoms with van der Waals surface area (Å²) in [7, 11) is 1.40. The van der Waals surface area contributed by atoms with Gasteiger partial charge in [-0.25, -0.2) is 9.97 Å². The minimum atomic E-state index is -0.282. The Kier molecular flexibility index (Phi) is 5.56. The predicted octanol–water partition coefficient (Wildman–Crippen LogP) is 1.15. The van der Waals surface area contributed by atoms with Crippen LogP contribution in [0.4, 0.5) is 0 Å². The van der Waals surface area contributed by atoms with Crippen LogP contribution in [0.1, 0.15) is 26.0 Å². The van der Waals surface area contributed by atoms with Crippen LogP contribution in [0.2, 0.25) is 0 Å². The largest absolute Gasteiger partial charge is 0.468 e. The Bertz CT molecular complexity index is 341. The average molecular weight is 237 g/mol. The minimum Gasteiger partial charge on any atom is -0.468 e. The molecule has 1 atom stereocenters. The number of nitrogens with zero attached hydrogens (tertiary/aromatic N) is 2. The molecular weight excluding hydrogens is 218 g/mol. The highest BCUT2D eigenvalue weighted by atomic mass is 16.5. The molecule has 1 rings (SSSR count). The van der Waals surface area contributed by atoms with Crippen LogP contribution in [0.25, 0.3) is 0 Å². The van der Waals surface area contributed by atoms with Gasteiger partial charge in [0.15, 0.2) is 0 Å². The van der Waals surface area contributed by atoms with E-state index in [2.05, 4.69) is 29.1 Å². The van der Waals surface area contributed by atoms with Crippen molar-refractivity contribution in [2.75, 3.05) is 7.11 Å². The van der Waals surface area contributed by atoms with Crippen LogP contribution in [0.3, 0.4) is 0 Å². The zero-order chi connectivity index (χ0) is 12.7. The molecular formula is C12H19N3O2. The van der Waals surface area contributed by atoms with Gasteiger partial charge < -0.3 is 4.74 Å². The molecule has 5 heteroatoms. The fourth-order valence-electron chi connectivity index (χ4n) is 1.53. The molecule has 0 radical (unpaired) electrons.